The van der Waals surface area contributed by atoms with Crippen molar-refractivity contribution in [3.05, 3.63) is 30.6 Å². The zero-order valence-electron chi connectivity index (χ0n) is 10.8. The Labute approximate surface area is 117 Å². The Hall–Kier alpha value is -1.82. The van der Waals surface area contributed by atoms with E-state index in [0.29, 0.717) is 5.95 Å². The van der Waals surface area contributed by atoms with Crippen molar-refractivity contribution in [2.45, 2.75) is 24.7 Å². The molecule has 1 aromatic heterocycles. The topological polar surface area (TPSA) is 76.7 Å². The van der Waals surface area contributed by atoms with Gasteiger partial charge >= 0.3 is 0 Å². The molecule has 0 aliphatic rings. The maximum Gasteiger partial charge on any atom is 0.231 e. The lowest BCUT2D eigenvalue weighted by atomic mass is 10.3. The van der Waals surface area contributed by atoms with E-state index in [0.717, 1.165) is 11.4 Å². The molecule has 2 rings (SSSR count). The van der Waals surface area contributed by atoms with Crippen LogP contribution in [0.4, 0.5) is 17.6 Å². The van der Waals surface area contributed by atoms with E-state index in [9.17, 15) is 0 Å². The van der Waals surface area contributed by atoms with Gasteiger partial charge in [-0.2, -0.15) is 4.98 Å². The van der Waals surface area contributed by atoms with Crippen molar-refractivity contribution in [3.8, 4) is 0 Å². The van der Waals surface area contributed by atoms with Crippen molar-refractivity contribution in [2.75, 3.05) is 16.8 Å². The second kappa shape index (κ2) is 6.94. The minimum atomic E-state index is 0.212. The van der Waals surface area contributed by atoms with Gasteiger partial charge in [-0.25, -0.2) is 9.97 Å². The van der Waals surface area contributed by atoms with Crippen LogP contribution in [0.15, 0.2) is 35.5 Å². The molecule has 5 nitrogen and oxygen atoms in total. The summed E-state index contributed by atoms with van der Waals surface area (Å²) >= 11 is 1.87. The Balaban J connectivity index is 1.95. The average Bonchev–Trinajstić information content (AvgIpc) is 2.41. The van der Waals surface area contributed by atoms with E-state index in [4.69, 9.17) is 5.73 Å². The van der Waals surface area contributed by atoms with Crippen molar-refractivity contribution in [1.82, 2.24) is 15.0 Å². The van der Waals surface area contributed by atoms with E-state index in [1.807, 2.05) is 23.9 Å². The largest absolute Gasteiger partial charge is 0.368 e. The summed E-state index contributed by atoms with van der Waals surface area (Å²) in [7, 11) is 0. The van der Waals surface area contributed by atoms with Gasteiger partial charge in [0, 0.05) is 10.6 Å². The standard InChI is InChI=1S/C13H17N5S/c1-2-3-8-19-11-6-4-10(5-7-11)17-13-16-9-15-12(14)18-13/h4-7,9H,2-3,8H2,1H3,(H3,14,15,16,17,18). The van der Waals surface area contributed by atoms with Gasteiger partial charge in [0.2, 0.25) is 11.9 Å². The molecule has 1 aromatic carbocycles. The van der Waals surface area contributed by atoms with E-state index in [1.165, 1.54) is 24.1 Å². The summed E-state index contributed by atoms with van der Waals surface area (Å²) < 4.78 is 0. The minimum Gasteiger partial charge on any atom is -0.368 e. The smallest absolute Gasteiger partial charge is 0.231 e. The third kappa shape index (κ3) is 4.40. The van der Waals surface area contributed by atoms with Gasteiger partial charge in [-0.15, -0.1) is 11.8 Å². The highest BCUT2D eigenvalue weighted by atomic mass is 32.2. The van der Waals surface area contributed by atoms with Crippen molar-refractivity contribution < 1.29 is 0 Å². The summed E-state index contributed by atoms with van der Waals surface area (Å²) in [5.41, 5.74) is 6.43. The van der Waals surface area contributed by atoms with Crippen molar-refractivity contribution in [1.29, 1.82) is 0 Å². The predicted octanol–water partition coefficient (Wildman–Crippen LogP) is 3.09. The molecule has 6 heteroatoms. The predicted molar refractivity (Wildman–Crippen MR) is 79.6 cm³/mol. The fraction of sp³-hybridized carbons (Fsp3) is 0.308. The number of unbranched alkanes of at least 4 members (excludes halogenated alkanes) is 1. The molecule has 0 fully saturated rings. The Morgan fingerprint density at radius 1 is 1.21 bits per heavy atom. The Morgan fingerprint density at radius 2 is 2.00 bits per heavy atom. The average molecular weight is 275 g/mol. The Bertz CT molecular complexity index is 515. The van der Waals surface area contributed by atoms with Crippen LogP contribution in [0, 0.1) is 0 Å². The summed E-state index contributed by atoms with van der Waals surface area (Å²) in [5, 5.41) is 3.09. The van der Waals surface area contributed by atoms with Crippen molar-refractivity contribution in [2.24, 2.45) is 0 Å². The van der Waals surface area contributed by atoms with E-state index >= 15 is 0 Å². The molecule has 0 amide bonds. The number of nitrogens with two attached hydrogens (primary N) is 1. The molecule has 0 saturated heterocycles. The maximum atomic E-state index is 5.50. The zero-order chi connectivity index (χ0) is 13.5. The number of nitrogens with zero attached hydrogens (tertiary/aromatic N) is 3. The maximum absolute atomic E-state index is 5.50. The Morgan fingerprint density at radius 3 is 2.68 bits per heavy atom. The molecule has 0 aliphatic heterocycles. The highest BCUT2D eigenvalue weighted by Crippen LogP contribution is 2.22. The molecule has 0 aliphatic carbocycles. The van der Waals surface area contributed by atoms with E-state index in [-0.39, 0.29) is 5.95 Å². The summed E-state index contributed by atoms with van der Waals surface area (Å²) in [6.07, 6.45) is 3.86. The lowest BCUT2D eigenvalue weighted by molar-refractivity contribution is 0.896. The Kier molecular flexibility index (Phi) is 4.97. The summed E-state index contributed by atoms with van der Waals surface area (Å²) in [6.45, 7) is 2.20. The lowest BCUT2D eigenvalue weighted by Gasteiger charge is -2.06. The molecule has 0 bridgehead atoms. The second-order valence-corrected chi connectivity index (χ2v) is 5.19. The van der Waals surface area contributed by atoms with Crippen LogP contribution in [-0.2, 0) is 0 Å². The molecule has 2 aromatic rings. The monoisotopic (exact) mass is 275 g/mol. The van der Waals surface area contributed by atoms with Gasteiger partial charge in [-0.3, -0.25) is 0 Å². The normalized spacial score (nSPS) is 10.4. The third-order valence-corrected chi connectivity index (χ3v) is 3.57. The summed E-state index contributed by atoms with van der Waals surface area (Å²) in [4.78, 5) is 13.0. The first-order chi connectivity index (χ1) is 9.28. The molecule has 3 N–H and O–H groups in total. The van der Waals surface area contributed by atoms with Crippen LogP contribution in [0.5, 0.6) is 0 Å². The fourth-order valence-electron chi connectivity index (χ4n) is 1.47. The van der Waals surface area contributed by atoms with Gasteiger partial charge in [-0.1, -0.05) is 13.3 Å². The molecular weight excluding hydrogens is 258 g/mol. The van der Waals surface area contributed by atoms with Crippen LogP contribution < -0.4 is 11.1 Å². The number of rotatable bonds is 6. The number of nitrogen functional groups attached to an aromatic ring is 1. The van der Waals surface area contributed by atoms with Crippen LogP contribution >= 0.6 is 11.8 Å². The quantitative estimate of drug-likeness (QED) is 0.623. The first-order valence-electron chi connectivity index (χ1n) is 6.22. The molecule has 0 radical (unpaired) electrons. The van der Waals surface area contributed by atoms with Crippen LogP contribution in [0.25, 0.3) is 0 Å². The molecule has 100 valence electrons. The van der Waals surface area contributed by atoms with Gasteiger partial charge < -0.3 is 11.1 Å². The number of thioether (sulfide) groups is 1. The first kappa shape index (κ1) is 13.6. The van der Waals surface area contributed by atoms with Crippen LogP contribution in [-0.4, -0.2) is 20.7 Å². The fourth-order valence-corrected chi connectivity index (χ4v) is 2.46. The number of benzene rings is 1. The van der Waals surface area contributed by atoms with Crippen LogP contribution in [0.1, 0.15) is 19.8 Å². The number of aromatic nitrogens is 3. The van der Waals surface area contributed by atoms with E-state index < -0.39 is 0 Å². The van der Waals surface area contributed by atoms with Crippen molar-refractivity contribution >= 4 is 29.3 Å². The number of anilines is 3. The molecule has 1 heterocycles. The number of hydrogen-bond acceptors (Lipinski definition) is 6. The minimum absolute atomic E-state index is 0.212. The third-order valence-electron chi connectivity index (χ3n) is 2.47. The molecule has 0 spiro atoms. The van der Waals surface area contributed by atoms with Gasteiger partial charge in [0.1, 0.15) is 6.33 Å². The molecule has 0 atom stereocenters. The van der Waals surface area contributed by atoms with E-state index in [2.05, 4.69) is 39.3 Å². The second-order valence-electron chi connectivity index (χ2n) is 4.02. The molecular formula is C13H17N5S. The van der Waals surface area contributed by atoms with Crippen LogP contribution in [0.3, 0.4) is 0 Å². The van der Waals surface area contributed by atoms with Crippen molar-refractivity contribution in [3.63, 3.8) is 0 Å². The number of hydrogen-bond donors (Lipinski definition) is 2. The first-order valence-corrected chi connectivity index (χ1v) is 7.21. The van der Waals surface area contributed by atoms with Gasteiger partial charge in [0.25, 0.3) is 0 Å². The lowest BCUT2D eigenvalue weighted by Crippen LogP contribution is -2.01. The van der Waals surface area contributed by atoms with Gasteiger partial charge in [-0.05, 0) is 36.4 Å². The van der Waals surface area contributed by atoms with E-state index in [1.54, 1.807) is 0 Å². The highest BCUT2D eigenvalue weighted by Gasteiger charge is 1.99. The summed E-state index contributed by atoms with van der Waals surface area (Å²) in [6, 6.07) is 8.20. The summed E-state index contributed by atoms with van der Waals surface area (Å²) in [5.74, 6) is 1.83. The molecule has 0 unspecified atom stereocenters. The van der Waals surface area contributed by atoms with Gasteiger partial charge in [0.15, 0.2) is 0 Å². The van der Waals surface area contributed by atoms with Gasteiger partial charge in [0.05, 0.1) is 0 Å². The number of nitrogens with one attached hydrogen (secondary N) is 1. The van der Waals surface area contributed by atoms with Crippen LogP contribution in [0.2, 0.25) is 0 Å². The highest BCUT2D eigenvalue weighted by molar-refractivity contribution is 7.99. The zero-order valence-corrected chi connectivity index (χ0v) is 11.7. The SMILES string of the molecule is CCCCSc1ccc(Nc2ncnc(N)n2)cc1. The molecule has 0 saturated carbocycles. The molecule has 19 heavy (non-hydrogen) atoms.